The molecule has 0 saturated carbocycles. The molecule has 2 rings (SSSR count). The summed E-state index contributed by atoms with van der Waals surface area (Å²) in [5, 5.41) is 8.52. The van der Waals surface area contributed by atoms with Crippen LogP contribution in [0, 0.1) is 12.3 Å². The van der Waals surface area contributed by atoms with Crippen molar-refractivity contribution in [1.29, 1.82) is 0 Å². The average molecular weight is 330 g/mol. The number of fused-ring (bicyclic) bond motifs is 1. The van der Waals surface area contributed by atoms with Crippen molar-refractivity contribution < 1.29 is 10.0 Å². The highest BCUT2D eigenvalue weighted by Gasteiger charge is 2.22. The summed E-state index contributed by atoms with van der Waals surface area (Å²) < 4.78 is 2.24. The summed E-state index contributed by atoms with van der Waals surface area (Å²) in [5.41, 5.74) is 4.55. The molecule has 0 aliphatic carbocycles. The van der Waals surface area contributed by atoms with Crippen LogP contribution in [-0.4, -0.2) is 46.2 Å². The van der Waals surface area contributed by atoms with E-state index in [4.69, 9.17) is 5.21 Å². The van der Waals surface area contributed by atoms with Gasteiger partial charge in [0.25, 0.3) is 5.91 Å². The van der Waals surface area contributed by atoms with E-state index in [-0.39, 0.29) is 5.41 Å². The first-order valence-electron chi connectivity index (χ1n) is 7.95. The van der Waals surface area contributed by atoms with E-state index in [1.807, 2.05) is 25.1 Å². The van der Waals surface area contributed by atoms with Crippen molar-refractivity contribution in [2.24, 2.45) is 5.41 Å². The number of aryl methyl sites for hydroxylation is 1. The summed E-state index contributed by atoms with van der Waals surface area (Å²) in [4.78, 5) is 17.9. The Morgan fingerprint density at radius 2 is 2.12 bits per heavy atom. The summed E-state index contributed by atoms with van der Waals surface area (Å²) in [6, 6.07) is 5.91. The van der Waals surface area contributed by atoms with E-state index in [1.54, 1.807) is 11.6 Å². The van der Waals surface area contributed by atoms with Crippen molar-refractivity contribution in [2.45, 2.75) is 27.3 Å². The van der Waals surface area contributed by atoms with Crippen molar-refractivity contribution in [3.63, 3.8) is 0 Å². The van der Waals surface area contributed by atoms with E-state index in [0.717, 1.165) is 35.5 Å². The van der Waals surface area contributed by atoms with Gasteiger partial charge in [0.05, 0.1) is 11.0 Å². The molecule has 0 spiro atoms. The van der Waals surface area contributed by atoms with Crippen molar-refractivity contribution >= 4 is 23.0 Å². The molecule has 6 nitrogen and oxygen atoms in total. The van der Waals surface area contributed by atoms with Gasteiger partial charge in [-0.1, -0.05) is 19.9 Å². The fourth-order valence-electron chi connectivity index (χ4n) is 3.11. The number of hydrogen-bond acceptors (Lipinski definition) is 4. The zero-order valence-corrected chi connectivity index (χ0v) is 15.0. The third kappa shape index (κ3) is 4.43. The van der Waals surface area contributed by atoms with Crippen LogP contribution < -0.4 is 5.48 Å². The van der Waals surface area contributed by atoms with E-state index in [1.165, 1.54) is 6.08 Å². The number of carbonyl (C=O) groups excluding carboxylic acids is 1. The van der Waals surface area contributed by atoms with Crippen LogP contribution in [0.5, 0.6) is 0 Å². The lowest BCUT2D eigenvalue weighted by Gasteiger charge is -2.29. The predicted molar refractivity (Wildman–Crippen MR) is 95.8 cm³/mol. The molecule has 0 atom stereocenters. The summed E-state index contributed by atoms with van der Waals surface area (Å²) in [6.45, 7) is 8.39. The first kappa shape index (κ1) is 18.2. The second-order valence-electron chi connectivity index (χ2n) is 7.20. The zero-order valence-electron chi connectivity index (χ0n) is 15.0. The monoisotopic (exact) mass is 330 g/mol. The summed E-state index contributed by atoms with van der Waals surface area (Å²) in [6.07, 6.45) is 2.93. The number of carbonyl (C=O) groups is 1. The van der Waals surface area contributed by atoms with Crippen molar-refractivity contribution in [1.82, 2.24) is 19.9 Å². The average Bonchev–Trinajstić information content (AvgIpc) is 2.78. The van der Waals surface area contributed by atoms with Crippen LogP contribution in [0.3, 0.4) is 0 Å². The topological polar surface area (TPSA) is 70.4 Å². The number of hydroxylamine groups is 1. The fourth-order valence-corrected chi connectivity index (χ4v) is 3.11. The van der Waals surface area contributed by atoms with Gasteiger partial charge in [0.1, 0.15) is 5.82 Å². The number of benzene rings is 1. The molecule has 1 amide bonds. The molecule has 6 heteroatoms. The molecule has 1 aromatic carbocycles. The minimum atomic E-state index is -0.553. The Morgan fingerprint density at radius 3 is 2.75 bits per heavy atom. The second kappa shape index (κ2) is 7.15. The standard InChI is InChI=1S/C18H26N4O2/c1-13-19-15-10-14(7-9-17(23)20-24)6-8-16(15)22(13)12-18(2,3)11-21(4)5/h6-10,24H,11-12H2,1-5H3,(H,20,23). The van der Waals surface area contributed by atoms with Crippen molar-refractivity contribution in [3.05, 3.63) is 35.7 Å². The van der Waals surface area contributed by atoms with Crippen LogP contribution in [-0.2, 0) is 11.3 Å². The van der Waals surface area contributed by atoms with Gasteiger partial charge in [0.2, 0.25) is 0 Å². The maximum absolute atomic E-state index is 11.1. The number of aromatic nitrogens is 2. The Balaban J connectivity index is 2.32. The van der Waals surface area contributed by atoms with Gasteiger partial charge in [-0.3, -0.25) is 10.0 Å². The van der Waals surface area contributed by atoms with Crippen LogP contribution in [0.15, 0.2) is 24.3 Å². The van der Waals surface area contributed by atoms with Gasteiger partial charge >= 0.3 is 0 Å². The second-order valence-corrected chi connectivity index (χ2v) is 7.20. The third-order valence-corrected chi connectivity index (χ3v) is 3.83. The molecule has 0 bridgehead atoms. The highest BCUT2D eigenvalue weighted by atomic mass is 16.5. The maximum atomic E-state index is 11.1. The zero-order chi connectivity index (χ0) is 17.9. The number of rotatable bonds is 6. The molecule has 1 aromatic heterocycles. The lowest BCUT2D eigenvalue weighted by Crippen LogP contribution is -2.32. The SMILES string of the molecule is Cc1nc2cc(C=CC(=O)NO)ccc2n1CC(C)(C)CN(C)C. The van der Waals surface area contributed by atoms with Gasteiger partial charge in [-0.2, -0.15) is 0 Å². The van der Waals surface area contributed by atoms with Gasteiger partial charge in [-0.15, -0.1) is 0 Å². The van der Waals surface area contributed by atoms with Crippen LogP contribution in [0.25, 0.3) is 17.1 Å². The Morgan fingerprint density at radius 1 is 1.42 bits per heavy atom. The number of nitrogens with zero attached hydrogens (tertiary/aromatic N) is 3. The Hall–Kier alpha value is -2.18. The van der Waals surface area contributed by atoms with Crippen molar-refractivity contribution in [2.75, 3.05) is 20.6 Å². The Bertz CT molecular complexity index is 760. The first-order chi connectivity index (χ1) is 11.2. The molecule has 0 saturated heterocycles. The largest absolute Gasteiger partial charge is 0.328 e. The number of amides is 1. The van der Waals surface area contributed by atoms with Gasteiger partial charge in [-0.25, -0.2) is 10.5 Å². The molecule has 0 aliphatic rings. The molecule has 0 radical (unpaired) electrons. The summed E-state index contributed by atoms with van der Waals surface area (Å²) in [5.74, 6) is 0.424. The van der Waals surface area contributed by atoms with Gasteiger partial charge in [0, 0.05) is 19.2 Å². The molecule has 24 heavy (non-hydrogen) atoms. The number of imidazole rings is 1. The Kier molecular flexibility index (Phi) is 5.41. The normalized spacial score (nSPS) is 12.5. The van der Waals surface area contributed by atoms with Crippen LogP contribution >= 0.6 is 0 Å². The maximum Gasteiger partial charge on any atom is 0.267 e. The lowest BCUT2D eigenvalue weighted by molar-refractivity contribution is -0.124. The smallest absolute Gasteiger partial charge is 0.267 e. The van der Waals surface area contributed by atoms with E-state index in [9.17, 15) is 4.79 Å². The number of hydrogen-bond donors (Lipinski definition) is 2. The quantitative estimate of drug-likeness (QED) is 0.485. The van der Waals surface area contributed by atoms with E-state index >= 15 is 0 Å². The minimum absolute atomic E-state index is 0.125. The van der Waals surface area contributed by atoms with Crippen LogP contribution in [0.1, 0.15) is 25.2 Å². The molecule has 0 aliphatic heterocycles. The van der Waals surface area contributed by atoms with Gasteiger partial charge in [-0.05, 0) is 50.2 Å². The summed E-state index contributed by atoms with van der Waals surface area (Å²) in [7, 11) is 4.17. The molecule has 130 valence electrons. The van der Waals surface area contributed by atoms with Crippen LogP contribution in [0.4, 0.5) is 0 Å². The number of nitrogens with one attached hydrogen (secondary N) is 1. The first-order valence-corrected chi connectivity index (χ1v) is 7.95. The Labute approximate surface area is 142 Å². The highest BCUT2D eigenvalue weighted by molar-refractivity contribution is 5.91. The van der Waals surface area contributed by atoms with E-state index in [0.29, 0.717) is 0 Å². The van der Waals surface area contributed by atoms with Crippen molar-refractivity contribution in [3.8, 4) is 0 Å². The van der Waals surface area contributed by atoms with Gasteiger partial charge in [0.15, 0.2) is 0 Å². The van der Waals surface area contributed by atoms with Crippen LogP contribution in [0.2, 0.25) is 0 Å². The summed E-state index contributed by atoms with van der Waals surface area (Å²) >= 11 is 0. The lowest BCUT2D eigenvalue weighted by atomic mass is 9.92. The van der Waals surface area contributed by atoms with Gasteiger partial charge < -0.3 is 9.47 Å². The highest BCUT2D eigenvalue weighted by Crippen LogP contribution is 2.25. The predicted octanol–water partition coefficient (Wildman–Crippen LogP) is 2.45. The molecule has 2 N–H and O–H groups in total. The molecular weight excluding hydrogens is 304 g/mol. The third-order valence-electron chi connectivity index (χ3n) is 3.83. The molecule has 0 unspecified atom stereocenters. The van der Waals surface area contributed by atoms with E-state index in [2.05, 4.69) is 42.4 Å². The molecule has 0 fully saturated rings. The molecule has 2 aromatic rings. The fraction of sp³-hybridized carbons (Fsp3) is 0.444. The molecular formula is C18H26N4O2. The minimum Gasteiger partial charge on any atom is -0.328 e. The molecule has 1 heterocycles. The van der Waals surface area contributed by atoms with E-state index < -0.39 is 5.91 Å².